The first kappa shape index (κ1) is 11.4. The van der Waals surface area contributed by atoms with Gasteiger partial charge in [0, 0.05) is 5.02 Å². The molecule has 4 nitrogen and oxygen atoms in total. The Morgan fingerprint density at radius 3 is 2.55 bits per heavy atom. The number of benzene rings is 2. The molecule has 0 fully saturated rings. The van der Waals surface area contributed by atoms with Crippen molar-refractivity contribution in [3.05, 3.63) is 53.8 Å². The maximum Gasteiger partial charge on any atom is 0.266 e. The quantitative estimate of drug-likeness (QED) is 0.528. The van der Waals surface area contributed by atoms with E-state index in [1.54, 1.807) is 0 Å². The summed E-state index contributed by atoms with van der Waals surface area (Å²) in [4.78, 5) is 12.5. The fraction of sp³-hybridized carbons (Fsp3) is 0. The van der Waals surface area contributed by atoms with Crippen LogP contribution in [0, 0.1) is 0 Å². The Morgan fingerprint density at radius 1 is 0.900 bits per heavy atom. The van der Waals surface area contributed by atoms with E-state index >= 15 is 0 Å². The van der Waals surface area contributed by atoms with Crippen LogP contribution in [-0.2, 0) is 0 Å². The van der Waals surface area contributed by atoms with Crippen LogP contribution in [0.3, 0.4) is 0 Å². The number of halogens is 1. The van der Waals surface area contributed by atoms with Gasteiger partial charge in [0.05, 0.1) is 0 Å². The molecule has 20 heavy (non-hydrogen) atoms. The van der Waals surface area contributed by atoms with E-state index in [1.165, 1.54) is 6.33 Å². The second-order valence-electron chi connectivity index (χ2n) is 4.41. The molecular weight excluding hydrogens is 274 g/mol. The highest BCUT2D eigenvalue weighted by Crippen LogP contribution is 2.27. The first-order chi connectivity index (χ1) is 9.79. The van der Waals surface area contributed by atoms with E-state index in [0.717, 1.165) is 21.7 Å². The minimum atomic E-state index is 0.450. The number of nitrogens with zero attached hydrogens (tertiary/aromatic N) is 3. The van der Waals surface area contributed by atoms with Crippen molar-refractivity contribution in [1.29, 1.82) is 0 Å². The van der Waals surface area contributed by atoms with Crippen molar-refractivity contribution < 1.29 is 4.42 Å². The van der Waals surface area contributed by atoms with Gasteiger partial charge in [-0.25, -0.2) is 9.97 Å². The van der Waals surface area contributed by atoms with Crippen LogP contribution in [0.4, 0.5) is 0 Å². The first-order valence-corrected chi connectivity index (χ1v) is 6.45. The zero-order valence-corrected chi connectivity index (χ0v) is 11.0. The summed E-state index contributed by atoms with van der Waals surface area (Å²) < 4.78 is 5.71. The van der Waals surface area contributed by atoms with Gasteiger partial charge in [0.2, 0.25) is 5.82 Å². The standard InChI is InChI=1S/C15H8ClN3O/c16-11-4-1-9(2-5-11)10-3-6-12-13(7-10)20-15-14(19-12)17-8-18-15/h1-8H. The highest BCUT2D eigenvalue weighted by Gasteiger charge is 2.12. The molecule has 2 aromatic rings. The van der Waals surface area contributed by atoms with E-state index in [0.29, 0.717) is 17.3 Å². The summed E-state index contributed by atoms with van der Waals surface area (Å²) in [5.41, 5.74) is 3.56. The molecular formula is C15H8ClN3O. The maximum absolute atomic E-state index is 5.90. The zero-order chi connectivity index (χ0) is 13.5. The molecule has 0 N–H and O–H groups in total. The largest absolute Gasteiger partial charge is 0.433 e. The van der Waals surface area contributed by atoms with Crippen molar-refractivity contribution in [3.8, 4) is 22.8 Å². The molecule has 2 aliphatic rings. The number of rotatable bonds is 1. The summed E-state index contributed by atoms with van der Waals surface area (Å²) >= 11 is 5.90. The molecule has 0 saturated heterocycles. The third-order valence-corrected chi connectivity index (χ3v) is 3.37. The fourth-order valence-corrected chi connectivity index (χ4v) is 2.25. The van der Waals surface area contributed by atoms with Gasteiger partial charge < -0.3 is 4.42 Å². The number of hydrogen-bond acceptors (Lipinski definition) is 4. The van der Waals surface area contributed by atoms with Gasteiger partial charge in [0.1, 0.15) is 11.8 Å². The van der Waals surface area contributed by atoms with Crippen molar-refractivity contribution in [2.45, 2.75) is 0 Å². The molecule has 5 heteroatoms. The smallest absolute Gasteiger partial charge is 0.266 e. The van der Waals surface area contributed by atoms with Crippen molar-refractivity contribution in [1.82, 2.24) is 15.0 Å². The lowest BCUT2D eigenvalue weighted by Crippen LogP contribution is -1.87. The van der Waals surface area contributed by atoms with Gasteiger partial charge in [-0.15, -0.1) is 0 Å². The lowest BCUT2D eigenvalue weighted by molar-refractivity contribution is 0.596. The predicted octanol–water partition coefficient (Wildman–Crippen LogP) is 4.04. The second kappa shape index (κ2) is 4.28. The molecule has 0 bridgehead atoms. The summed E-state index contributed by atoms with van der Waals surface area (Å²) in [7, 11) is 0. The van der Waals surface area contributed by atoms with Gasteiger partial charge in [0.25, 0.3) is 5.89 Å². The van der Waals surface area contributed by atoms with Gasteiger partial charge in [-0.3, -0.25) is 0 Å². The second-order valence-corrected chi connectivity index (χ2v) is 4.84. The minimum absolute atomic E-state index is 0.450. The number of aromatic nitrogens is 3. The van der Waals surface area contributed by atoms with Crippen LogP contribution in [0.25, 0.3) is 33.9 Å². The molecule has 0 radical (unpaired) electrons. The molecule has 0 aromatic heterocycles. The first-order valence-electron chi connectivity index (χ1n) is 6.07. The van der Waals surface area contributed by atoms with Crippen LogP contribution in [0.2, 0.25) is 5.02 Å². The van der Waals surface area contributed by atoms with Crippen LogP contribution in [-0.4, -0.2) is 15.0 Å². The topological polar surface area (TPSA) is 51.8 Å². The summed E-state index contributed by atoms with van der Waals surface area (Å²) in [5.74, 6) is 0.975. The predicted molar refractivity (Wildman–Crippen MR) is 76.7 cm³/mol. The Bertz CT molecular complexity index is 870. The SMILES string of the molecule is Clc1ccc(-c2ccc3nc4ncnc-4oc3c2)cc1. The van der Waals surface area contributed by atoms with Crippen molar-refractivity contribution in [2.75, 3.05) is 0 Å². The summed E-state index contributed by atoms with van der Waals surface area (Å²) in [6.07, 6.45) is 1.44. The van der Waals surface area contributed by atoms with Crippen molar-refractivity contribution in [3.63, 3.8) is 0 Å². The number of imidazole rings is 1. The van der Waals surface area contributed by atoms with Gasteiger partial charge in [-0.1, -0.05) is 29.8 Å². The molecule has 96 valence electrons. The molecule has 2 heterocycles. The van der Waals surface area contributed by atoms with Gasteiger partial charge in [0.15, 0.2) is 5.58 Å². The molecule has 0 unspecified atom stereocenters. The van der Waals surface area contributed by atoms with E-state index in [9.17, 15) is 0 Å². The molecule has 2 aromatic carbocycles. The van der Waals surface area contributed by atoms with Crippen molar-refractivity contribution in [2.24, 2.45) is 0 Å². The average molecular weight is 282 g/mol. The Labute approximate surface area is 119 Å². The third kappa shape index (κ3) is 1.82. The molecule has 0 spiro atoms. The lowest BCUT2D eigenvalue weighted by atomic mass is 10.1. The van der Waals surface area contributed by atoms with Crippen LogP contribution in [0.15, 0.2) is 53.2 Å². The monoisotopic (exact) mass is 281 g/mol. The average Bonchev–Trinajstić information content (AvgIpc) is 2.92. The third-order valence-electron chi connectivity index (χ3n) is 3.12. The van der Waals surface area contributed by atoms with E-state index in [4.69, 9.17) is 16.0 Å². The molecule has 0 atom stereocenters. The molecule has 0 amide bonds. The molecule has 0 saturated carbocycles. The Morgan fingerprint density at radius 2 is 1.70 bits per heavy atom. The molecule has 2 aliphatic heterocycles. The summed E-state index contributed by atoms with van der Waals surface area (Å²) in [5, 5.41) is 0.717. The van der Waals surface area contributed by atoms with Gasteiger partial charge in [-0.05, 0) is 35.4 Å². The van der Waals surface area contributed by atoms with E-state index in [1.807, 2.05) is 42.5 Å². The van der Waals surface area contributed by atoms with Crippen LogP contribution in [0.5, 0.6) is 0 Å². The molecule has 4 rings (SSSR count). The Hall–Kier alpha value is -2.46. The summed E-state index contributed by atoms with van der Waals surface area (Å²) in [6, 6.07) is 13.5. The number of hydrogen-bond donors (Lipinski definition) is 0. The Kier molecular flexibility index (Phi) is 2.44. The van der Waals surface area contributed by atoms with Crippen LogP contribution in [0.1, 0.15) is 0 Å². The van der Waals surface area contributed by atoms with Gasteiger partial charge in [-0.2, -0.15) is 4.98 Å². The number of fused-ring (bicyclic) bond motifs is 2. The maximum atomic E-state index is 5.90. The van der Waals surface area contributed by atoms with Crippen LogP contribution < -0.4 is 0 Å². The lowest BCUT2D eigenvalue weighted by Gasteiger charge is -2.04. The molecule has 0 aliphatic carbocycles. The van der Waals surface area contributed by atoms with E-state index < -0.39 is 0 Å². The minimum Gasteiger partial charge on any atom is -0.433 e. The normalized spacial score (nSPS) is 11.2. The van der Waals surface area contributed by atoms with E-state index in [2.05, 4.69) is 15.0 Å². The fourth-order valence-electron chi connectivity index (χ4n) is 2.13. The zero-order valence-electron chi connectivity index (χ0n) is 10.2. The Balaban J connectivity index is 1.91. The van der Waals surface area contributed by atoms with E-state index in [-0.39, 0.29) is 0 Å². The van der Waals surface area contributed by atoms with Gasteiger partial charge >= 0.3 is 0 Å². The van der Waals surface area contributed by atoms with Crippen LogP contribution >= 0.6 is 11.6 Å². The highest BCUT2D eigenvalue weighted by molar-refractivity contribution is 6.30. The van der Waals surface area contributed by atoms with Crippen molar-refractivity contribution >= 4 is 22.7 Å². The highest BCUT2D eigenvalue weighted by atomic mass is 35.5. The summed E-state index contributed by atoms with van der Waals surface area (Å²) in [6.45, 7) is 0.